The molecular formula is C15H13FN4O. The molecule has 0 fully saturated rings. The van der Waals surface area contributed by atoms with Crippen LogP contribution in [0.15, 0.2) is 42.5 Å². The van der Waals surface area contributed by atoms with E-state index in [0.717, 1.165) is 11.1 Å². The summed E-state index contributed by atoms with van der Waals surface area (Å²) in [5.74, 6) is -0.812. The largest absolute Gasteiger partial charge is 0.322 e. The summed E-state index contributed by atoms with van der Waals surface area (Å²) in [6.45, 7) is 1.81. The van der Waals surface area contributed by atoms with Crippen molar-refractivity contribution >= 4 is 22.6 Å². The number of halogens is 1. The summed E-state index contributed by atoms with van der Waals surface area (Å²) in [5.41, 5.74) is 2.52. The van der Waals surface area contributed by atoms with Crippen LogP contribution in [0.1, 0.15) is 5.56 Å². The summed E-state index contributed by atoms with van der Waals surface area (Å²) in [6, 6.07) is 11.9. The van der Waals surface area contributed by atoms with E-state index in [-0.39, 0.29) is 18.1 Å². The second kappa shape index (κ2) is 5.32. The van der Waals surface area contributed by atoms with Gasteiger partial charge in [-0.15, -0.1) is 5.10 Å². The zero-order valence-electron chi connectivity index (χ0n) is 11.4. The highest BCUT2D eigenvalue weighted by atomic mass is 19.1. The van der Waals surface area contributed by atoms with Gasteiger partial charge < -0.3 is 5.32 Å². The fourth-order valence-corrected chi connectivity index (χ4v) is 2.09. The number of anilines is 1. The molecule has 0 bridgehead atoms. The predicted molar refractivity (Wildman–Crippen MR) is 77.3 cm³/mol. The molecular weight excluding hydrogens is 271 g/mol. The molecule has 0 saturated carbocycles. The molecule has 106 valence electrons. The highest BCUT2D eigenvalue weighted by Crippen LogP contribution is 2.16. The van der Waals surface area contributed by atoms with E-state index in [1.165, 1.54) is 10.7 Å². The van der Waals surface area contributed by atoms with Gasteiger partial charge >= 0.3 is 0 Å². The van der Waals surface area contributed by atoms with Crippen LogP contribution < -0.4 is 5.32 Å². The van der Waals surface area contributed by atoms with Gasteiger partial charge in [-0.25, -0.2) is 9.07 Å². The molecule has 0 aliphatic heterocycles. The molecule has 0 radical (unpaired) electrons. The number of fused-ring (bicyclic) bond motifs is 1. The first-order valence-corrected chi connectivity index (χ1v) is 6.48. The van der Waals surface area contributed by atoms with Crippen LogP contribution in [0.3, 0.4) is 0 Å². The highest BCUT2D eigenvalue weighted by molar-refractivity contribution is 5.91. The molecule has 3 rings (SSSR count). The van der Waals surface area contributed by atoms with E-state index >= 15 is 0 Å². The molecule has 2 aromatic carbocycles. The Hall–Kier alpha value is -2.76. The molecule has 0 spiro atoms. The van der Waals surface area contributed by atoms with Gasteiger partial charge in [-0.3, -0.25) is 4.79 Å². The normalized spacial score (nSPS) is 10.8. The Labute approximate surface area is 120 Å². The first kappa shape index (κ1) is 13.2. The summed E-state index contributed by atoms with van der Waals surface area (Å²) in [7, 11) is 0. The molecule has 0 aliphatic rings. The Morgan fingerprint density at radius 2 is 2.10 bits per heavy atom. The number of aryl methyl sites for hydroxylation is 1. The van der Waals surface area contributed by atoms with Crippen molar-refractivity contribution in [2.45, 2.75) is 13.5 Å². The molecule has 1 heterocycles. The lowest BCUT2D eigenvalue weighted by atomic mass is 10.2. The van der Waals surface area contributed by atoms with Crippen LogP contribution in [0.5, 0.6) is 0 Å². The zero-order valence-corrected chi connectivity index (χ0v) is 11.4. The number of amides is 1. The molecule has 21 heavy (non-hydrogen) atoms. The van der Waals surface area contributed by atoms with E-state index in [0.29, 0.717) is 5.52 Å². The molecule has 1 amide bonds. The molecule has 1 N–H and O–H groups in total. The Bertz CT molecular complexity index is 812. The van der Waals surface area contributed by atoms with Crippen LogP contribution in [0.4, 0.5) is 10.1 Å². The topological polar surface area (TPSA) is 59.8 Å². The number of hydrogen-bond acceptors (Lipinski definition) is 3. The summed E-state index contributed by atoms with van der Waals surface area (Å²) in [5, 5.41) is 10.4. The summed E-state index contributed by atoms with van der Waals surface area (Å²) < 4.78 is 15.1. The average molecular weight is 284 g/mol. The Morgan fingerprint density at radius 1 is 1.29 bits per heavy atom. The number of nitrogens with one attached hydrogen (secondary N) is 1. The smallest absolute Gasteiger partial charge is 0.246 e. The Kier molecular flexibility index (Phi) is 3.35. The quantitative estimate of drug-likeness (QED) is 0.804. The lowest BCUT2D eigenvalue weighted by Gasteiger charge is -2.07. The molecule has 6 heteroatoms. The van der Waals surface area contributed by atoms with Crippen LogP contribution in [-0.2, 0) is 11.3 Å². The van der Waals surface area contributed by atoms with E-state index in [4.69, 9.17) is 0 Å². The molecule has 3 aromatic rings. The zero-order chi connectivity index (χ0) is 14.8. The maximum Gasteiger partial charge on any atom is 0.246 e. The van der Waals surface area contributed by atoms with Crippen molar-refractivity contribution in [3.05, 3.63) is 53.8 Å². The molecule has 5 nitrogen and oxygen atoms in total. The van der Waals surface area contributed by atoms with Crippen molar-refractivity contribution in [2.24, 2.45) is 0 Å². The van der Waals surface area contributed by atoms with Gasteiger partial charge in [-0.1, -0.05) is 23.4 Å². The maximum absolute atomic E-state index is 13.6. The van der Waals surface area contributed by atoms with Crippen molar-refractivity contribution in [2.75, 3.05) is 5.32 Å². The number of aromatic nitrogens is 3. The van der Waals surface area contributed by atoms with Crippen LogP contribution >= 0.6 is 0 Å². The van der Waals surface area contributed by atoms with E-state index in [1.807, 2.05) is 31.2 Å². The lowest BCUT2D eigenvalue weighted by molar-refractivity contribution is -0.116. The highest BCUT2D eigenvalue weighted by Gasteiger charge is 2.11. The molecule has 0 aliphatic carbocycles. The minimum atomic E-state index is -0.461. The van der Waals surface area contributed by atoms with E-state index in [9.17, 15) is 9.18 Å². The van der Waals surface area contributed by atoms with Crippen LogP contribution in [-0.4, -0.2) is 20.9 Å². The summed E-state index contributed by atoms with van der Waals surface area (Å²) >= 11 is 0. The van der Waals surface area contributed by atoms with Gasteiger partial charge in [0.1, 0.15) is 17.9 Å². The molecule has 0 unspecified atom stereocenters. The molecule has 1 aromatic heterocycles. The molecule has 0 atom stereocenters. The SMILES string of the molecule is Cc1ccc(F)c(NC(=O)Cn2nnc3ccccc32)c1. The van der Waals surface area contributed by atoms with Crippen molar-refractivity contribution in [3.63, 3.8) is 0 Å². The minimum absolute atomic E-state index is 0.0199. The number of carbonyl (C=O) groups is 1. The van der Waals surface area contributed by atoms with Gasteiger partial charge in [0.25, 0.3) is 0 Å². The predicted octanol–water partition coefficient (Wildman–Crippen LogP) is 2.52. The molecule has 0 saturated heterocycles. The average Bonchev–Trinajstić information content (AvgIpc) is 2.86. The number of carbonyl (C=O) groups excluding carboxylic acids is 1. The number of hydrogen-bond donors (Lipinski definition) is 1. The van der Waals surface area contributed by atoms with Crippen molar-refractivity contribution < 1.29 is 9.18 Å². The summed E-state index contributed by atoms with van der Waals surface area (Å²) in [6.07, 6.45) is 0. The van der Waals surface area contributed by atoms with Gasteiger partial charge in [0.05, 0.1) is 11.2 Å². The number of benzene rings is 2. The third kappa shape index (κ3) is 2.74. The first-order chi connectivity index (χ1) is 10.1. The minimum Gasteiger partial charge on any atom is -0.322 e. The van der Waals surface area contributed by atoms with Crippen molar-refractivity contribution in [3.8, 4) is 0 Å². The lowest BCUT2D eigenvalue weighted by Crippen LogP contribution is -2.20. The van der Waals surface area contributed by atoms with E-state index in [1.54, 1.807) is 12.1 Å². The maximum atomic E-state index is 13.6. The van der Waals surface area contributed by atoms with Gasteiger partial charge in [0, 0.05) is 0 Å². The fourth-order valence-electron chi connectivity index (χ4n) is 2.09. The van der Waals surface area contributed by atoms with E-state index in [2.05, 4.69) is 15.6 Å². The second-order valence-electron chi connectivity index (χ2n) is 4.77. The number of rotatable bonds is 3. The van der Waals surface area contributed by atoms with Crippen molar-refractivity contribution in [1.29, 1.82) is 0 Å². The van der Waals surface area contributed by atoms with Gasteiger partial charge in [0.2, 0.25) is 5.91 Å². The monoisotopic (exact) mass is 284 g/mol. The number of para-hydroxylation sites is 1. The van der Waals surface area contributed by atoms with Crippen molar-refractivity contribution in [1.82, 2.24) is 15.0 Å². The second-order valence-corrected chi connectivity index (χ2v) is 4.77. The van der Waals surface area contributed by atoms with E-state index < -0.39 is 5.82 Å². The third-order valence-corrected chi connectivity index (χ3v) is 3.11. The standard InChI is InChI=1S/C15H13FN4O/c1-10-6-7-11(16)13(8-10)17-15(21)9-20-14-5-3-2-4-12(14)18-19-20/h2-8H,9H2,1H3,(H,17,21). The third-order valence-electron chi connectivity index (χ3n) is 3.11. The van der Waals surface area contributed by atoms with Crippen LogP contribution in [0, 0.1) is 12.7 Å². The Balaban J connectivity index is 1.79. The fraction of sp³-hybridized carbons (Fsp3) is 0.133. The number of nitrogens with zero attached hydrogens (tertiary/aromatic N) is 3. The first-order valence-electron chi connectivity index (χ1n) is 6.48. The van der Waals surface area contributed by atoms with Crippen LogP contribution in [0.25, 0.3) is 11.0 Å². The Morgan fingerprint density at radius 3 is 2.95 bits per heavy atom. The van der Waals surface area contributed by atoms with Gasteiger partial charge in [0.15, 0.2) is 0 Å². The van der Waals surface area contributed by atoms with Gasteiger partial charge in [-0.2, -0.15) is 0 Å². The summed E-state index contributed by atoms with van der Waals surface area (Å²) in [4.78, 5) is 12.0. The van der Waals surface area contributed by atoms with Gasteiger partial charge in [-0.05, 0) is 36.8 Å². The van der Waals surface area contributed by atoms with Crippen LogP contribution in [0.2, 0.25) is 0 Å².